The van der Waals surface area contributed by atoms with E-state index in [1.807, 2.05) is 31.3 Å². The molecule has 0 atom stereocenters. The number of non-ortho nitro benzene ring substituents is 1. The molecule has 3 rings (SSSR count). The average Bonchev–Trinajstić information content (AvgIpc) is 2.58. The zero-order chi connectivity index (χ0) is 16.2. The summed E-state index contributed by atoms with van der Waals surface area (Å²) in [5, 5.41) is 17.1. The maximum Gasteiger partial charge on any atom is 0.271 e. The summed E-state index contributed by atoms with van der Waals surface area (Å²) in [6.07, 6.45) is 7.54. The van der Waals surface area contributed by atoms with Crippen molar-refractivity contribution in [2.45, 2.75) is 6.92 Å². The molecule has 0 amide bonds. The number of nitro benzene ring substituents is 1. The number of aryl methyl sites for hydroxylation is 1. The Kier molecular flexibility index (Phi) is 4.01. The second kappa shape index (κ2) is 6.27. The molecule has 0 radical (unpaired) electrons. The molecule has 2 N–H and O–H groups in total. The predicted octanol–water partition coefficient (Wildman–Crippen LogP) is 2.94. The van der Waals surface area contributed by atoms with Gasteiger partial charge in [-0.05, 0) is 18.6 Å². The van der Waals surface area contributed by atoms with Gasteiger partial charge in [0.1, 0.15) is 0 Å². The predicted molar refractivity (Wildman–Crippen MR) is 88.3 cm³/mol. The quantitative estimate of drug-likeness (QED) is 0.666. The topological polar surface area (TPSA) is 93.0 Å². The second-order valence-electron chi connectivity index (χ2n) is 5.06. The SMILES string of the molecule is Cc1ccc([N+](=O)[O-])cc1Nc1nccc(C2=CNCC=C2)n1. The smallest absolute Gasteiger partial charge is 0.271 e. The first kappa shape index (κ1) is 14.7. The van der Waals surface area contributed by atoms with E-state index in [0.29, 0.717) is 11.6 Å². The van der Waals surface area contributed by atoms with Crippen molar-refractivity contribution in [3.05, 3.63) is 70.2 Å². The van der Waals surface area contributed by atoms with E-state index in [2.05, 4.69) is 20.6 Å². The van der Waals surface area contributed by atoms with Crippen molar-refractivity contribution in [1.82, 2.24) is 15.3 Å². The van der Waals surface area contributed by atoms with E-state index in [-0.39, 0.29) is 5.69 Å². The fraction of sp³-hybridized carbons (Fsp3) is 0.125. The van der Waals surface area contributed by atoms with Crippen LogP contribution < -0.4 is 10.6 Å². The lowest BCUT2D eigenvalue weighted by atomic mass is 10.1. The summed E-state index contributed by atoms with van der Waals surface area (Å²) < 4.78 is 0. The highest BCUT2D eigenvalue weighted by Gasteiger charge is 2.10. The van der Waals surface area contributed by atoms with Gasteiger partial charge in [0.15, 0.2) is 0 Å². The molecule has 0 unspecified atom stereocenters. The highest BCUT2D eigenvalue weighted by atomic mass is 16.6. The molecule has 0 saturated heterocycles. The Labute approximate surface area is 132 Å². The number of dihydropyridines is 1. The van der Waals surface area contributed by atoms with Crippen molar-refractivity contribution in [3.63, 3.8) is 0 Å². The molecule has 1 aliphatic rings. The van der Waals surface area contributed by atoms with E-state index in [1.165, 1.54) is 12.1 Å². The Hall–Kier alpha value is -3.22. The summed E-state index contributed by atoms with van der Waals surface area (Å²) in [6, 6.07) is 6.46. The van der Waals surface area contributed by atoms with Crippen molar-refractivity contribution < 1.29 is 4.92 Å². The zero-order valence-corrected chi connectivity index (χ0v) is 12.5. The monoisotopic (exact) mass is 309 g/mol. The van der Waals surface area contributed by atoms with Gasteiger partial charge in [0.25, 0.3) is 5.69 Å². The Morgan fingerprint density at radius 3 is 2.96 bits per heavy atom. The van der Waals surface area contributed by atoms with E-state index < -0.39 is 4.92 Å². The van der Waals surface area contributed by atoms with Crippen LogP contribution in [0.3, 0.4) is 0 Å². The maximum atomic E-state index is 10.9. The van der Waals surface area contributed by atoms with Crippen LogP contribution in [-0.4, -0.2) is 21.4 Å². The molecule has 116 valence electrons. The summed E-state index contributed by atoms with van der Waals surface area (Å²) in [6.45, 7) is 2.67. The number of nitro groups is 1. The zero-order valence-electron chi connectivity index (χ0n) is 12.5. The molecule has 1 aromatic heterocycles. The number of benzene rings is 1. The van der Waals surface area contributed by atoms with Crippen molar-refractivity contribution in [3.8, 4) is 0 Å². The molecule has 2 heterocycles. The van der Waals surface area contributed by atoms with Gasteiger partial charge in [-0.3, -0.25) is 10.1 Å². The van der Waals surface area contributed by atoms with Crippen molar-refractivity contribution in [2.75, 3.05) is 11.9 Å². The van der Waals surface area contributed by atoms with E-state index >= 15 is 0 Å². The highest BCUT2D eigenvalue weighted by Crippen LogP contribution is 2.24. The summed E-state index contributed by atoms with van der Waals surface area (Å²) in [5.74, 6) is 0.394. The lowest BCUT2D eigenvalue weighted by Gasteiger charge is -2.11. The number of hydrogen-bond donors (Lipinski definition) is 2. The third kappa shape index (κ3) is 3.34. The van der Waals surface area contributed by atoms with Gasteiger partial charge in [-0.15, -0.1) is 0 Å². The van der Waals surface area contributed by atoms with E-state index in [4.69, 9.17) is 0 Å². The number of nitrogens with one attached hydrogen (secondary N) is 2. The Bertz CT molecular complexity index is 814. The molecule has 0 saturated carbocycles. The Morgan fingerprint density at radius 1 is 1.35 bits per heavy atom. The first-order chi connectivity index (χ1) is 11.1. The maximum absolute atomic E-state index is 10.9. The minimum atomic E-state index is -0.425. The van der Waals surface area contributed by atoms with Gasteiger partial charge in [0.2, 0.25) is 5.95 Å². The van der Waals surface area contributed by atoms with Gasteiger partial charge < -0.3 is 10.6 Å². The second-order valence-corrected chi connectivity index (χ2v) is 5.06. The van der Waals surface area contributed by atoms with Gasteiger partial charge in [-0.2, -0.15) is 0 Å². The van der Waals surface area contributed by atoms with E-state index in [1.54, 1.807) is 12.3 Å². The molecule has 0 fully saturated rings. The number of aromatic nitrogens is 2. The first-order valence-electron chi connectivity index (χ1n) is 7.09. The molecule has 1 aliphatic heterocycles. The largest absolute Gasteiger partial charge is 0.387 e. The molecule has 0 bridgehead atoms. The minimum absolute atomic E-state index is 0.0244. The van der Waals surface area contributed by atoms with Gasteiger partial charge >= 0.3 is 0 Å². The van der Waals surface area contributed by atoms with Crippen LogP contribution in [-0.2, 0) is 0 Å². The number of allylic oxidation sites excluding steroid dienone is 2. The molecule has 7 nitrogen and oxygen atoms in total. The molecule has 1 aromatic carbocycles. The van der Waals surface area contributed by atoms with Crippen molar-refractivity contribution in [1.29, 1.82) is 0 Å². The summed E-state index contributed by atoms with van der Waals surface area (Å²) in [5.41, 5.74) is 3.24. The third-order valence-corrected chi connectivity index (χ3v) is 3.42. The molecule has 0 spiro atoms. The number of anilines is 2. The van der Waals surface area contributed by atoms with Crippen LogP contribution >= 0.6 is 0 Å². The number of nitrogens with zero attached hydrogens (tertiary/aromatic N) is 3. The van der Waals surface area contributed by atoms with Crippen LogP contribution in [0.15, 0.2) is 48.8 Å². The highest BCUT2D eigenvalue weighted by molar-refractivity contribution is 5.73. The van der Waals surface area contributed by atoms with E-state index in [0.717, 1.165) is 23.4 Å². The molecule has 23 heavy (non-hydrogen) atoms. The molecule has 2 aromatic rings. The Morgan fingerprint density at radius 2 is 2.22 bits per heavy atom. The molecular weight excluding hydrogens is 294 g/mol. The molecular formula is C16H15N5O2. The van der Waals surface area contributed by atoms with Crippen LogP contribution in [0.1, 0.15) is 11.3 Å². The lowest BCUT2D eigenvalue weighted by molar-refractivity contribution is -0.384. The van der Waals surface area contributed by atoms with Gasteiger partial charge in [0.05, 0.1) is 16.3 Å². The van der Waals surface area contributed by atoms with Gasteiger partial charge in [-0.1, -0.05) is 18.2 Å². The minimum Gasteiger partial charge on any atom is -0.387 e. The van der Waals surface area contributed by atoms with Crippen LogP contribution in [0.5, 0.6) is 0 Å². The van der Waals surface area contributed by atoms with Crippen LogP contribution in [0.4, 0.5) is 17.3 Å². The van der Waals surface area contributed by atoms with E-state index in [9.17, 15) is 10.1 Å². The van der Waals surface area contributed by atoms with Crippen molar-refractivity contribution >= 4 is 22.9 Å². The summed E-state index contributed by atoms with van der Waals surface area (Å²) >= 11 is 0. The molecule has 7 heteroatoms. The number of hydrogen-bond acceptors (Lipinski definition) is 6. The lowest BCUT2D eigenvalue weighted by Crippen LogP contribution is -2.09. The van der Waals surface area contributed by atoms with Gasteiger partial charge in [-0.25, -0.2) is 9.97 Å². The van der Waals surface area contributed by atoms with Crippen LogP contribution in [0.25, 0.3) is 5.57 Å². The normalized spacial score (nSPS) is 13.2. The van der Waals surface area contributed by atoms with Crippen molar-refractivity contribution in [2.24, 2.45) is 0 Å². The Balaban J connectivity index is 1.89. The van der Waals surface area contributed by atoms with Gasteiger partial charge in [0, 0.05) is 36.6 Å². The third-order valence-electron chi connectivity index (χ3n) is 3.42. The molecule has 0 aliphatic carbocycles. The standard InChI is InChI=1S/C16H15N5O2/c1-11-4-5-13(21(22)23)9-15(11)20-16-18-8-6-14(19-16)12-3-2-7-17-10-12/h2-6,8-10,17H,7H2,1H3,(H,18,19,20). The summed E-state index contributed by atoms with van der Waals surface area (Å²) in [7, 11) is 0. The fourth-order valence-corrected chi connectivity index (χ4v) is 2.19. The number of rotatable bonds is 4. The van der Waals surface area contributed by atoms with Crippen LogP contribution in [0, 0.1) is 17.0 Å². The first-order valence-corrected chi connectivity index (χ1v) is 7.09. The fourth-order valence-electron chi connectivity index (χ4n) is 2.19. The summed E-state index contributed by atoms with van der Waals surface area (Å²) in [4.78, 5) is 19.1. The van der Waals surface area contributed by atoms with Crippen LogP contribution in [0.2, 0.25) is 0 Å². The average molecular weight is 309 g/mol.